The van der Waals surface area contributed by atoms with Crippen LogP contribution in [0.25, 0.3) is 0 Å². The molecule has 96 valence electrons. The van der Waals surface area contributed by atoms with Crippen molar-refractivity contribution in [2.45, 2.75) is 19.4 Å². The van der Waals surface area contributed by atoms with Crippen LogP contribution in [-0.4, -0.2) is 37.3 Å². The fourth-order valence-electron chi connectivity index (χ4n) is 1.46. The van der Waals surface area contributed by atoms with E-state index < -0.39 is 11.9 Å². The Morgan fingerprint density at radius 1 is 1.41 bits per heavy atom. The molecule has 0 bridgehead atoms. The number of ether oxygens (including phenoxy) is 1. The van der Waals surface area contributed by atoms with Crippen LogP contribution in [0.5, 0.6) is 5.75 Å². The molecule has 0 saturated heterocycles. The van der Waals surface area contributed by atoms with E-state index in [-0.39, 0.29) is 5.75 Å². The van der Waals surface area contributed by atoms with Crippen molar-refractivity contribution in [3.05, 3.63) is 29.6 Å². The van der Waals surface area contributed by atoms with Crippen molar-refractivity contribution in [1.82, 2.24) is 4.90 Å². The third kappa shape index (κ3) is 4.71. The van der Waals surface area contributed by atoms with Crippen molar-refractivity contribution in [3.8, 4) is 5.75 Å². The minimum atomic E-state index is -0.660. The van der Waals surface area contributed by atoms with Gasteiger partial charge in [0.1, 0.15) is 0 Å². The van der Waals surface area contributed by atoms with Crippen molar-refractivity contribution in [2.24, 2.45) is 0 Å². The van der Waals surface area contributed by atoms with Gasteiger partial charge < -0.3 is 14.7 Å². The first-order chi connectivity index (χ1) is 8.00. The van der Waals surface area contributed by atoms with E-state index in [9.17, 15) is 9.50 Å². The lowest BCUT2D eigenvalue weighted by atomic mass is 10.1. The van der Waals surface area contributed by atoms with Crippen molar-refractivity contribution < 1.29 is 14.2 Å². The van der Waals surface area contributed by atoms with Crippen molar-refractivity contribution in [2.75, 3.05) is 27.2 Å². The lowest BCUT2D eigenvalue weighted by Gasteiger charge is -2.12. The third-order valence-corrected chi connectivity index (χ3v) is 2.45. The maximum atomic E-state index is 13.5. The fraction of sp³-hybridized carbons (Fsp3) is 0.538. The standard InChI is InChI=1S/C13H20FNO2/c1-10(16)11-5-6-13(12(14)9-11)17-8-4-7-15(2)3/h5-6,9-10,16H,4,7-8H2,1-3H3/t10-/m1/s1. The van der Waals surface area contributed by atoms with E-state index >= 15 is 0 Å². The van der Waals surface area contributed by atoms with Crippen molar-refractivity contribution in [3.63, 3.8) is 0 Å². The summed E-state index contributed by atoms with van der Waals surface area (Å²) in [5.74, 6) is -0.179. The molecule has 1 atom stereocenters. The number of benzene rings is 1. The van der Waals surface area contributed by atoms with Gasteiger partial charge in [-0.25, -0.2) is 4.39 Å². The Balaban J connectivity index is 2.49. The summed E-state index contributed by atoms with van der Waals surface area (Å²) in [4.78, 5) is 2.05. The summed E-state index contributed by atoms with van der Waals surface area (Å²) in [5, 5.41) is 9.30. The van der Waals surface area contributed by atoms with Gasteiger partial charge in [0.25, 0.3) is 0 Å². The molecule has 0 aromatic heterocycles. The van der Waals surface area contributed by atoms with Crippen LogP contribution in [0.15, 0.2) is 18.2 Å². The number of aliphatic hydroxyl groups excluding tert-OH is 1. The Bertz CT molecular complexity index is 353. The Kier molecular flexibility index (Phi) is 5.38. The second-order valence-electron chi connectivity index (χ2n) is 4.37. The molecule has 1 rings (SSSR count). The van der Waals surface area contributed by atoms with E-state index in [2.05, 4.69) is 4.90 Å². The minimum absolute atomic E-state index is 0.244. The molecular formula is C13H20FNO2. The smallest absolute Gasteiger partial charge is 0.165 e. The Labute approximate surface area is 102 Å². The first-order valence-electron chi connectivity index (χ1n) is 5.75. The molecule has 0 radical (unpaired) electrons. The van der Waals surface area contributed by atoms with Gasteiger partial charge in [-0.2, -0.15) is 0 Å². The van der Waals surface area contributed by atoms with Crippen LogP contribution in [0.1, 0.15) is 25.0 Å². The predicted molar refractivity (Wildman–Crippen MR) is 65.7 cm³/mol. The third-order valence-electron chi connectivity index (χ3n) is 2.45. The molecule has 0 aliphatic heterocycles. The molecule has 0 amide bonds. The maximum absolute atomic E-state index is 13.5. The van der Waals surface area contributed by atoms with Crippen LogP contribution in [0.4, 0.5) is 4.39 Å². The molecule has 0 saturated carbocycles. The molecule has 1 aromatic rings. The second kappa shape index (κ2) is 6.57. The van der Waals surface area contributed by atoms with Gasteiger partial charge in [-0.3, -0.25) is 0 Å². The molecule has 3 nitrogen and oxygen atoms in total. The normalized spacial score (nSPS) is 12.8. The van der Waals surface area contributed by atoms with E-state index in [0.29, 0.717) is 12.2 Å². The summed E-state index contributed by atoms with van der Waals surface area (Å²) in [6.45, 7) is 3.00. The van der Waals surface area contributed by atoms with Gasteiger partial charge >= 0.3 is 0 Å². The number of hydrogen-bond donors (Lipinski definition) is 1. The van der Waals surface area contributed by atoms with Gasteiger partial charge in [-0.15, -0.1) is 0 Å². The minimum Gasteiger partial charge on any atom is -0.490 e. The Hall–Kier alpha value is -1.13. The van der Waals surface area contributed by atoms with Gasteiger partial charge in [0.2, 0.25) is 0 Å². The monoisotopic (exact) mass is 241 g/mol. The topological polar surface area (TPSA) is 32.7 Å². The highest BCUT2D eigenvalue weighted by Gasteiger charge is 2.07. The van der Waals surface area contributed by atoms with Crippen LogP contribution in [-0.2, 0) is 0 Å². The molecule has 1 N–H and O–H groups in total. The molecule has 0 fully saturated rings. The van der Waals surface area contributed by atoms with Crippen LogP contribution in [0, 0.1) is 5.82 Å². The summed E-state index contributed by atoms with van der Waals surface area (Å²) in [7, 11) is 3.97. The van der Waals surface area contributed by atoms with E-state index in [4.69, 9.17) is 4.74 Å². The second-order valence-corrected chi connectivity index (χ2v) is 4.37. The summed E-state index contributed by atoms with van der Waals surface area (Å²) >= 11 is 0. The van der Waals surface area contributed by atoms with Gasteiger partial charge in [-0.1, -0.05) is 6.07 Å². The number of aliphatic hydroxyl groups is 1. The molecule has 17 heavy (non-hydrogen) atoms. The summed E-state index contributed by atoms with van der Waals surface area (Å²) in [5.41, 5.74) is 0.558. The maximum Gasteiger partial charge on any atom is 0.165 e. The number of hydrogen-bond acceptors (Lipinski definition) is 3. The van der Waals surface area contributed by atoms with Crippen LogP contribution in [0.3, 0.4) is 0 Å². The van der Waals surface area contributed by atoms with Gasteiger partial charge in [-0.05, 0) is 45.1 Å². The number of halogens is 1. The number of nitrogens with zero attached hydrogens (tertiary/aromatic N) is 1. The summed E-state index contributed by atoms with van der Waals surface area (Å²) < 4.78 is 18.9. The lowest BCUT2D eigenvalue weighted by Crippen LogP contribution is -2.15. The van der Waals surface area contributed by atoms with E-state index in [1.54, 1.807) is 19.1 Å². The fourth-order valence-corrected chi connectivity index (χ4v) is 1.46. The zero-order chi connectivity index (χ0) is 12.8. The summed E-state index contributed by atoms with van der Waals surface area (Å²) in [6, 6.07) is 4.55. The first-order valence-corrected chi connectivity index (χ1v) is 5.75. The zero-order valence-corrected chi connectivity index (χ0v) is 10.6. The SMILES string of the molecule is C[C@@H](O)c1ccc(OCCCN(C)C)c(F)c1. The zero-order valence-electron chi connectivity index (χ0n) is 10.6. The molecular weight excluding hydrogens is 221 g/mol. The lowest BCUT2D eigenvalue weighted by molar-refractivity contribution is 0.198. The van der Waals surface area contributed by atoms with Crippen molar-refractivity contribution >= 4 is 0 Å². The highest BCUT2D eigenvalue weighted by atomic mass is 19.1. The van der Waals surface area contributed by atoms with Crippen LogP contribution < -0.4 is 4.74 Å². The van der Waals surface area contributed by atoms with Crippen LogP contribution in [0.2, 0.25) is 0 Å². The Morgan fingerprint density at radius 3 is 2.65 bits per heavy atom. The van der Waals surface area contributed by atoms with E-state index in [1.165, 1.54) is 6.07 Å². The largest absolute Gasteiger partial charge is 0.490 e. The highest BCUT2D eigenvalue weighted by Crippen LogP contribution is 2.21. The average molecular weight is 241 g/mol. The predicted octanol–water partition coefficient (Wildman–Crippen LogP) is 2.21. The van der Waals surface area contributed by atoms with Gasteiger partial charge in [0.15, 0.2) is 11.6 Å². The first kappa shape index (κ1) is 13.9. The average Bonchev–Trinajstić information content (AvgIpc) is 2.25. The molecule has 0 spiro atoms. The number of rotatable bonds is 6. The van der Waals surface area contributed by atoms with E-state index in [1.807, 2.05) is 14.1 Å². The van der Waals surface area contributed by atoms with E-state index in [0.717, 1.165) is 13.0 Å². The van der Waals surface area contributed by atoms with Crippen LogP contribution >= 0.6 is 0 Å². The van der Waals surface area contributed by atoms with Gasteiger partial charge in [0.05, 0.1) is 12.7 Å². The molecule has 0 unspecified atom stereocenters. The quantitative estimate of drug-likeness (QED) is 0.775. The highest BCUT2D eigenvalue weighted by molar-refractivity contribution is 5.30. The summed E-state index contributed by atoms with van der Waals surface area (Å²) in [6.07, 6.45) is 0.192. The molecule has 0 heterocycles. The molecule has 1 aromatic carbocycles. The molecule has 0 aliphatic rings. The molecule has 0 aliphatic carbocycles. The Morgan fingerprint density at radius 2 is 2.12 bits per heavy atom. The molecule has 4 heteroatoms. The van der Waals surface area contributed by atoms with Crippen molar-refractivity contribution in [1.29, 1.82) is 0 Å². The van der Waals surface area contributed by atoms with Gasteiger partial charge in [0, 0.05) is 6.54 Å².